The smallest absolute Gasteiger partial charge is 0.147 e. The van der Waals surface area contributed by atoms with Crippen molar-refractivity contribution in [2.45, 2.75) is 56.8 Å². The van der Waals surface area contributed by atoms with Crippen LogP contribution < -0.4 is 5.73 Å². The van der Waals surface area contributed by atoms with Crippen molar-refractivity contribution in [3.05, 3.63) is 24.3 Å². The van der Waals surface area contributed by atoms with Crippen LogP contribution in [-0.2, 0) is 17.8 Å². The topological polar surface area (TPSA) is 99.9 Å². The molecule has 4 rings (SSSR count). The summed E-state index contributed by atoms with van der Waals surface area (Å²) in [6, 6.07) is 0.812. The van der Waals surface area contributed by atoms with E-state index < -0.39 is 0 Å². The zero-order valence-corrected chi connectivity index (χ0v) is 15.4. The van der Waals surface area contributed by atoms with Gasteiger partial charge < -0.3 is 19.6 Å². The molecule has 2 fully saturated rings. The molecule has 0 bridgehead atoms. The molecule has 9 nitrogen and oxygen atoms in total. The molecule has 0 radical (unpaired) electrons. The van der Waals surface area contributed by atoms with Crippen molar-refractivity contribution in [2.24, 2.45) is 5.73 Å². The van der Waals surface area contributed by atoms with Crippen molar-refractivity contribution < 1.29 is 4.74 Å². The third-order valence-corrected chi connectivity index (χ3v) is 5.70. The number of likely N-dealkylation sites (tertiary alicyclic amines) is 1. The summed E-state index contributed by atoms with van der Waals surface area (Å²) in [6.45, 7) is 4.40. The number of hydrogen-bond acceptors (Lipinski definition) is 7. The molecule has 0 amide bonds. The zero-order chi connectivity index (χ0) is 17.9. The van der Waals surface area contributed by atoms with Gasteiger partial charge in [0.2, 0.25) is 0 Å². The van der Waals surface area contributed by atoms with Crippen LogP contribution in [0.1, 0.15) is 49.3 Å². The summed E-state index contributed by atoms with van der Waals surface area (Å²) in [7, 11) is 1.73. The average Bonchev–Trinajstić information content (AvgIpc) is 3.28. The van der Waals surface area contributed by atoms with Gasteiger partial charge in [-0.05, 0) is 25.7 Å². The number of hydrogen-bond donors (Lipinski definition) is 1. The van der Waals surface area contributed by atoms with Crippen molar-refractivity contribution in [3.63, 3.8) is 0 Å². The molecule has 2 aromatic rings. The molecule has 26 heavy (non-hydrogen) atoms. The fourth-order valence-electron chi connectivity index (χ4n) is 4.04. The number of methoxy groups -OCH3 is 1. The van der Waals surface area contributed by atoms with E-state index in [4.69, 9.17) is 10.5 Å². The zero-order valence-electron chi connectivity index (χ0n) is 15.4. The van der Waals surface area contributed by atoms with Crippen molar-refractivity contribution in [3.8, 4) is 0 Å². The molecule has 2 aliphatic rings. The number of rotatable bonds is 7. The lowest BCUT2D eigenvalue weighted by Crippen LogP contribution is -2.37. The fourth-order valence-corrected chi connectivity index (χ4v) is 4.04. The Bertz CT molecular complexity index is 686. The Hall–Kier alpha value is -1.84. The first-order valence-corrected chi connectivity index (χ1v) is 9.47. The van der Waals surface area contributed by atoms with Crippen LogP contribution in [0.25, 0.3) is 0 Å². The monoisotopic (exact) mass is 360 g/mol. The van der Waals surface area contributed by atoms with Gasteiger partial charge in [0.1, 0.15) is 24.3 Å². The first-order valence-electron chi connectivity index (χ1n) is 9.47. The Labute approximate surface area is 153 Å². The van der Waals surface area contributed by atoms with Crippen LogP contribution in [-0.4, -0.2) is 67.3 Å². The standard InChI is InChI=1S/C17H28N8O/c1-26-7-6-25-16(21-22-17(25)13-8-14(18)9-13)10-23-4-2-15(3-5-23)24-11-19-20-12-24/h11-15H,2-10,18H2,1H3. The molecule has 142 valence electrons. The normalized spacial score (nSPS) is 24.7. The van der Waals surface area contributed by atoms with Crippen LogP contribution >= 0.6 is 0 Å². The Morgan fingerprint density at radius 3 is 2.54 bits per heavy atom. The second kappa shape index (κ2) is 7.81. The lowest BCUT2D eigenvalue weighted by Gasteiger charge is -2.33. The summed E-state index contributed by atoms with van der Waals surface area (Å²) in [5.74, 6) is 2.57. The van der Waals surface area contributed by atoms with E-state index in [9.17, 15) is 0 Å². The quantitative estimate of drug-likeness (QED) is 0.770. The minimum Gasteiger partial charge on any atom is -0.383 e. The third kappa shape index (κ3) is 3.65. The number of nitrogens with two attached hydrogens (primary N) is 1. The highest BCUT2D eigenvalue weighted by atomic mass is 16.5. The van der Waals surface area contributed by atoms with Gasteiger partial charge in [-0.15, -0.1) is 20.4 Å². The molecule has 0 unspecified atom stereocenters. The molecule has 2 N–H and O–H groups in total. The second-order valence-electron chi connectivity index (χ2n) is 7.46. The van der Waals surface area contributed by atoms with Gasteiger partial charge >= 0.3 is 0 Å². The highest BCUT2D eigenvalue weighted by Gasteiger charge is 2.32. The lowest BCUT2D eigenvalue weighted by atomic mass is 9.80. The van der Waals surface area contributed by atoms with Gasteiger partial charge in [0.05, 0.1) is 13.2 Å². The maximum atomic E-state index is 5.96. The van der Waals surface area contributed by atoms with Gasteiger partial charge in [-0.3, -0.25) is 4.90 Å². The van der Waals surface area contributed by atoms with E-state index in [2.05, 4.69) is 34.4 Å². The number of aromatic nitrogens is 6. The minimum atomic E-state index is 0.313. The largest absolute Gasteiger partial charge is 0.383 e. The van der Waals surface area contributed by atoms with E-state index >= 15 is 0 Å². The highest BCUT2D eigenvalue weighted by molar-refractivity contribution is 5.09. The van der Waals surface area contributed by atoms with Crippen molar-refractivity contribution in [2.75, 3.05) is 26.8 Å². The Morgan fingerprint density at radius 1 is 1.15 bits per heavy atom. The third-order valence-electron chi connectivity index (χ3n) is 5.70. The average molecular weight is 360 g/mol. The Balaban J connectivity index is 1.39. The van der Waals surface area contributed by atoms with Crippen LogP contribution in [0, 0.1) is 0 Å². The summed E-state index contributed by atoms with van der Waals surface area (Å²) in [6.07, 6.45) is 7.86. The highest BCUT2D eigenvalue weighted by Crippen LogP contribution is 2.35. The molecular formula is C17H28N8O. The SMILES string of the molecule is COCCn1c(CN2CCC(n3cnnc3)CC2)nnc1C1CC(N)C1. The maximum Gasteiger partial charge on any atom is 0.147 e. The van der Waals surface area contributed by atoms with E-state index in [1.54, 1.807) is 7.11 Å². The van der Waals surface area contributed by atoms with Gasteiger partial charge in [0.15, 0.2) is 0 Å². The molecule has 2 aromatic heterocycles. The van der Waals surface area contributed by atoms with E-state index in [0.717, 1.165) is 63.5 Å². The number of ether oxygens (including phenoxy) is 1. The van der Waals surface area contributed by atoms with Crippen molar-refractivity contribution >= 4 is 0 Å². The Morgan fingerprint density at radius 2 is 1.88 bits per heavy atom. The van der Waals surface area contributed by atoms with Crippen LogP contribution in [0.3, 0.4) is 0 Å². The van der Waals surface area contributed by atoms with E-state index in [-0.39, 0.29) is 0 Å². The van der Waals surface area contributed by atoms with Gasteiger partial charge in [-0.25, -0.2) is 0 Å². The fraction of sp³-hybridized carbons (Fsp3) is 0.765. The molecule has 1 saturated heterocycles. The van der Waals surface area contributed by atoms with Crippen molar-refractivity contribution in [1.29, 1.82) is 0 Å². The summed E-state index contributed by atoms with van der Waals surface area (Å²) in [5.41, 5.74) is 5.96. The van der Waals surface area contributed by atoms with E-state index in [1.807, 2.05) is 12.7 Å². The van der Waals surface area contributed by atoms with E-state index in [1.165, 1.54) is 0 Å². The van der Waals surface area contributed by atoms with Crippen LogP contribution in [0.15, 0.2) is 12.7 Å². The summed E-state index contributed by atoms with van der Waals surface area (Å²) < 4.78 is 9.67. The summed E-state index contributed by atoms with van der Waals surface area (Å²) >= 11 is 0. The number of nitrogens with zero attached hydrogens (tertiary/aromatic N) is 7. The summed E-state index contributed by atoms with van der Waals surface area (Å²) in [4.78, 5) is 2.46. The molecular weight excluding hydrogens is 332 g/mol. The molecule has 3 heterocycles. The maximum absolute atomic E-state index is 5.96. The summed E-state index contributed by atoms with van der Waals surface area (Å²) in [5, 5.41) is 16.8. The number of piperidine rings is 1. The molecule has 0 aromatic carbocycles. The van der Waals surface area contributed by atoms with Gasteiger partial charge in [0.25, 0.3) is 0 Å². The molecule has 0 spiro atoms. The molecule has 1 aliphatic heterocycles. The Kier molecular flexibility index (Phi) is 5.28. The van der Waals surface area contributed by atoms with Gasteiger partial charge in [0, 0.05) is 44.7 Å². The minimum absolute atomic E-state index is 0.313. The lowest BCUT2D eigenvalue weighted by molar-refractivity contribution is 0.165. The van der Waals surface area contributed by atoms with Crippen LogP contribution in [0.2, 0.25) is 0 Å². The predicted octanol–water partition coefficient (Wildman–Crippen LogP) is 0.558. The first kappa shape index (κ1) is 17.6. The van der Waals surface area contributed by atoms with Crippen molar-refractivity contribution in [1.82, 2.24) is 34.4 Å². The van der Waals surface area contributed by atoms with Gasteiger partial charge in [-0.2, -0.15) is 0 Å². The molecule has 1 aliphatic carbocycles. The predicted molar refractivity (Wildman–Crippen MR) is 95.4 cm³/mol. The van der Waals surface area contributed by atoms with E-state index in [0.29, 0.717) is 24.6 Å². The van der Waals surface area contributed by atoms with Crippen LogP contribution in [0.5, 0.6) is 0 Å². The molecule has 9 heteroatoms. The second-order valence-corrected chi connectivity index (χ2v) is 7.46. The molecule has 0 atom stereocenters. The first-order chi connectivity index (χ1) is 12.7. The van der Waals surface area contributed by atoms with Crippen LogP contribution in [0.4, 0.5) is 0 Å². The van der Waals surface area contributed by atoms with Gasteiger partial charge in [-0.1, -0.05) is 0 Å². The molecule has 1 saturated carbocycles.